The lowest BCUT2D eigenvalue weighted by Crippen LogP contribution is -2.27. The highest BCUT2D eigenvalue weighted by molar-refractivity contribution is 5.45. The van der Waals surface area contributed by atoms with E-state index in [9.17, 15) is 5.11 Å². The van der Waals surface area contributed by atoms with E-state index in [1.807, 2.05) is 48.5 Å². The van der Waals surface area contributed by atoms with Crippen molar-refractivity contribution >= 4 is 0 Å². The fourth-order valence-corrected chi connectivity index (χ4v) is 2.52. The summed E-state index contributed by atoms with van der Waals surface area (Å²) in [5, 5.41) is 13.1. The van der Waals surface area contributed by atoms with E-state index in [1.165, 1.54) is 0 Å². The number of hydrogen-bond donors (Lipinski definition) is 2. The SMILES string of the molecule is CC(N[C@H](CO)c1ccccc1)c1ccc2c(c1)OCO2. The summed E-state index contributed by atoms with van der Waals surface area (Å²) >= 11 is 0. The van der Waals surface area contributed by atoms with Crippen LogP contribution < -0.4 is 14.8 Å². The van der Waals surface area contributed by atoms with Crippen molar-refractivity contribution in [2.24, 2.45) is 0 Å². The van der Waals surface area contributed by atoms with Gasteiger partial charge in [-0.1, -0.05) is 36.4 Å². The summed E-state index contributed by atoms with van der Waals surface area (Å²) in [4.78, 5) is 0. The summed E-state index contributed by atoms with van der Waals surface area (Å²) < 4.78 is 10.7. The largest absolute Gasteiger partial charge is 0.454 e. The molecule has 2 aromatic carbocycles. The van der Waals surface area contributed by atoms with Gasteiger partial charge in [0.05, 0.1) is 12.6 Å². The maximum absolute atomic E-state index is 9.62. The molecule has 1 heterocycles. The van der Waals surface area contributed by atoms with Gasteiger partial charge in [-0.2, -0.15) is 0 Å². The van der Waals surface area contributed by atoms with Crippen LogP contribution in [0.1, 0.15) is 30.1 Å². The molecule has 2 aromatic rings. The lowest BCUT2D eigenvalue weighted by molar-refractivity contribution is 0.174. The van der Waals surface area contributed by atoms with Gasteiger partial charge in [0.1, 0.15) is 0 Å². The molecule has 1 aliphatic rings. The number of aliphatic hydroxyl groups is 1. The first-order valence-corrected chi connectivity index (χ1v) is 7.09. The van der Waals surface area contributed by atoms with E-state index in [0.717, 1.165) is 22.6 Å². The summed E-state index contributed by atoms with van der Waals surface area (Å²) in [7, 11) is 0. The molecule has 21 heavy (non-hydrogen) atoms. The molecular formula is C17H19NO3. The Morgan fingerprint density at radius 3 is 2.57 bits per heavy atom. The molecule has 0 saturated carbocycles. The van der Waals surface area contributed by atoms with Crippen LogP contribution >= 0.6 is 0 Å². The van der Waals surface area contributed by atoms with Crippen molar-refractivity contribution in [3.05, 3.63) is 59.7 Å². The lowest BCUT2D eigenvalue weighted by Gasteiger charge is -2.22. The normalized spacial score (nSPS) is 15.7. The summed E-state index contributed by atoms with van der Waals surface area (Å²) in [5.41, 5.74) is 2.18. The Labute approximate surface area is 124 Å². The fourth-order valence-electron chi connectivity index (χ4n) is 2.52. The van der Waals surface area contributed by atoms with Crippen molar-refractivity contribution < 1.29 is 14.6 Å². The first kappa shape index (κ1) is 13.9. The quantitative estimate of drug-likeness (QED) is 0.887. The first-order chi connectivity index (χ1) is 10.3. The number of nitrogens with one attached hydrogen (secondary N) is 1. The Kier molecular flexibility index (Phi) is 4.08. The molecule has 0 bridgehead atoms. The summed E-state index contributed by atoms with van der Waals surface area (Å²) in [6.07, 6.45) is 0. The second-order valence-corrected chi connectivity index (χ2v) is 5.15. The van der Waals surface area contributed by atoms with Crippen LogP contribution in [0.2, 0.25) is 0 Å². The van der Waals surface area contributed by atoms with Crippen LogP contribution in [-0.4, -0.2) is 18.5 Å². The van der Waals surface area contributed by atoms with Crippen LogP contribution in [0.15, 0.2) is 48.5 Å². The molecular weight excluding hydrogens is 266 g/mol. The lowest BCUT2D eigenvalue weighted by atomic mass is 10.0. The van der Waals surface area contributed by atoms with E-state index in [0.29, 0.717) is 0 Å². The van der Waals surface area contributed by atoms with Gasteiger partial charge in [-0.05, 0) is 30.2 Å². The maximum Gasteiger partial charge on any atom is 0.231 e. The van der Waals surface area contributed by atoms with Crippen molar-refractivity contribution in [1.82, 2.24) is 5.32 Å². The average molecular weight is 285 g/mol. The van der Waals surface area contributed by atoms with Crippen molar-refractivity contribution in [2.45, 2.75) is 19.0 Å². The van der Waals surface area contributed by atoms with Gasteiger partial charge in [0.2, 0.25) is 6.79 Å². The predicted octanol–water partition coefficient (Wildman–Crippen LogP) is 2.80. The van der Waals surface area contributed by atoms with Crippen LogP contribution in [0.3, 0.4) is 0 Å². The molecule has 0 fully saturated rings. The second kappa shape index (κ2) is 6.16. The van der Waals surface area contributed by atoms with Gasteiger partial charge < -0.3 is 19.9 Å². The molecule has 2 N–H and O–H groups in total. The number of aliphatic hydroxyl groups excluding tert-OH is 1. The van der Waals surface area contributed by atoms with Gasteiger partial charge in [0.15, 0.2) is 11.5 Å². The van der Waals surface area contributed by atoms with E-state index < -0.39 is 0 Å². The maximum atomic E-state index is 9.62. The molecule has 4 nitrogen and oxygen atoms in total. The third kappa shape index (κ3) is 3.01. The second-order valence-electron chi connectivity index (χ2n) is 5.15. The topological polar surface area (TPSA) is 50.7 Å². The Balaban J connectivity index is 1.74. The van der Waals surface area contributed by atoms with E-state index >= 15 is 0 Å². The molecule has 0 spiro atoms. The van der Waals surface area contributed by atoms with Crippen molar-refractivity contribution in [2.75, 3.05) is 13.4 Å². The van der Waals surface area contributed by atoms with Crippen LogP contribution in [0, 0.1) is 0 Å². The predicted molar refractivity (Wildman–Crippen MR) is 80.4 cm³/mol. The molecule has 0 aliphatic carbocycles. The highest BCUT2D eigenvalue weighted by Crippen LogP contribution is 2.34. The third-order valence-electron chi connectivity index (χ3n) is 3.73. The van der Waals surface area contributed by atoms with Crippen molar-refractivity contribution in [3.63, 3.8) is 0 Å². The van der Waals surface area contributed by atoms with E-state index in [2.05, 4.69) is 12.2 Å². The Hall–Kier alpha value is -2.04. The number of rotatable bonds is 5. The number of ether oxygens (including phenoxy) is 2. The number of hydrogen-bond acceptors (Lipinski definition) is 4. The first-order valence-electron chi connectivity index (χ1n) is 7.09. The average Bonchev–Trinajstić information content (AvgIpc) is 3.00. The van der Waals surface area contributed by atoms with E-state index in [-0.39, 0.29) is 25.5 Å². The van der Waals surface area contributed by atoms with Gasteiger partial charge in [0, 0.05) is 6.04 Å². The minimum absolute atomic E-state index is 0.0545. The Bertz CT molecular complexity index is 600. The fraction of sp³-hybridized carbons (Fsp3) is 0.294. The van der Waals surface area contributed by atoms with Gasteiger partial charge in [-0.15, -0.1) is 0 Å². The van der Waals surface area contributed by atoms with Crippen LogP contribution in [-0.2, 0) is 0 Å². The zero-order valence-corrected chi connectivity index (χ0v) is 12.0. The zero-order chi connectivity index (χ0) is 14.7. The van der Waals surface area contributed by atoms with Gasteiger partial charge in [0.25, 0.3) is 0 Å². The van der Waals surface area contributed by atoms with Gasteiger partial charge in [-0.3, -0.25) is 0 Å². The smallest absolute Gasteiger partial charge is 0.231 e. The highest BCUT2D eigenvalue weighted by Gasteiger charge is 2.18. The molecule has 1 unspecified atom stereocenters. The Morgan fingerprint density at radius 2 is 1.81 bits per heavy atom. The zero-order valence-electron chi connectivity index (χ0n) is 12.0. The minimum atomic E-state index is -0.0911. The summed E-state index contributed by atoms with van der Waals surface area (Å²) in [6, 6.07) is 15.9. The molecule has 2 atom stereocenters. The molecule has 0 aromatic heterocycles. The highest BCUT2D eigenvalue weighted by atomic mass is 16.7. The molecule has 0 saturated heterocycles. The van der Waals surface area contributed by atoms with Gasteiger partial charge >= 0.3 is 0 Å². The third-order valence-corrected chi connectivity index (χ3v) is 3.73. The summed E-state index contributed by atoms with van der Waals surface area (Å²) in [6.45, 7) is 2.41. The monoisotopic (exact) mass is 285 g/mol. The minimum Gasteiger partial charge on any atom is -0.454 e. The van der Waals surface area contributed by atoms with Crippen molar-refractivity contribution in [1.29, 1.82) is 0 Å². The molecule has 3 rings (SSSR count). The molecule has 110 valence electrons. The summed E-state index contributed by atoms with van der Waals surface area (Å²) in [5.74, 6) is 1.56. The number of benzene rings is 2. The van der Waals surface area contributed by atoms with E-state index in [4.69, 9.17) is 9.47 Å². The van der Waals surface area contributed by atoms with E-state index in [1.54, 1.807) is 0 Å². The molecule has 1 aliphatic heterocycles. The van der Waals surface area contributed by atoms with Crippen LogP contribution in [0.25, 0.3) is 0 Å². The van der Waals surface area contributed by atoms with Gasteiger partial charge in [-0.25, -0.2) is 0 Å². The van der Waals surface area contributed by atoms with Crippen LogP contribution in [0.5, 0.6) is 11.5 Å². The molecule has 0 radical (unpaired) electrons. The van der Waals surface area contributed by atoms with Crippen molar-refractivity contribution in [3.8, 4) is 11.5 Å². The Morgan fingerprint density at radius 1 is 1.05 bits per heavy atom. The molecule has 4 heteroatoms. The standard InChI is InChI=1S/C17H19NO3/c1-12(14-7-8-16-17(9-14)21-11-20-16)18-15(10-19)13-5-3-2-4-6-13/h2-9,12,15,18-19H,10-11H2,1H3/t12?,15-/m1/s1. The molecule has 0 amide bonds. The number of fused-ring (bicyclic) bond motifs is 1. The van der Waals surface area contributed by atoms with Crippen LogP contribution in [0.4, 0.5) is 0 Å².